The number of benzene rings is 2. The van der Waals surface area contributed by atoms with E-state index in [0.717, 1.165) is 46.9 Å². The third-order valence-electron chi connectivity index (χ3n) is 3.99. The van der Waals surface area contributed by atoms with Crippen LogP contribution in [0.5, 0.6) is 0 Å². The standard InChI is InChI=1S/C19H17N5/c20-19-23-9-8-16(24-19)14-6-7-17-15(12-14)18(22-11-10-21-17)13-4-2-1-3-5-13/h1-9,12,21H,10-11H2,(H2,20,23,24). The fourth-order valence-electron chi connectivity index (χ4n) is 2.87. The maximum Gasteiger partial charge on any atom is 0.220 e. The number of anilines is 2. The number of aromatic nitrogens is 2. The average molecular weight is 315 g/mol. The van der Waals surface area contributed by atoms with E-state index in [4.69, 9.17) is 10.7 Å². The number of rotatable bonds is 2. The Bertz CT molecular complexity index is 903. The summed E-state index contributed by atoms with van der Waals surface area (Å²) in [5, 5.41) is 3.44. The average Bonchev–Trinajstić information content (AvgIpc) is 2.84. The lowest BCUT2D eigenvalue weighted by Crippen LogP contribution is -2.06. The second-order valence-corrected chi connectivity index (χ2v) is 5.58. The van der Waals surface area contributed by atoms with Crippen LogP contribution in [0.25, 0.3) is 11.3 Å². The van der Waals surface area contributed by atoms with Crippen molar-refractivity contribution in [2.24, 2.45) is 4.99 Å². The van der Waals surface area contributed by atoms with E-state index < -0.39 is 0 Å². The van der Waals surface area contributed by atoms with E-state index in [1.54, 1.807) is 6.20 Å². The second-order valence-electron chi connectivity index (χ2n) is 5.58. The smallest absolute Gasteiger partial charge is 0.220 e. The minimum Gasteiger partial charge on any atom is -0.383 e. The summed E-state index contributed by atoms with van der Waals surface area (Å²) in [6.45, 7) is 1.57. The number of nitrogen functional groups attached to an aromatic ring is 1. The number of nitrogens with one attached hydrogen (secondary N) is 1. The first-order chi connectivity index (χ1) is 11.8. The van der Waals surface area contributed by atoms with E-state index >= 15 is 0 Å². The molecule has 0 spiro atoms. The summed E-state index contributed by atoms with van der Waals surface area (Å²) in [5.74, 6) is 0.275. The molecular weight excluding hydrogens is 298 g/mol. The highest BCUT2D eigenvalue weighted by molar-refractivity contribution is 6.16. The first-order valence-corrected chi connectivity index (χ1v) is 7.88. The van der Waals surface area contributed by atoms with E-state index in [9.17, 15) is 0 Å². The SMILES string of the molecule is Nc1nccc(-c2ccc3c(c2)C(c2ccccc2)=NCCN3)n1. The van der Waals surface area contributed by atoms with Gasteiger partial charge in [-0.15, -0.1) is 0 Å². The fraction of sp³-hybridized carbons (Fsp3) is 0.105. The van der Waals surface area contributed by atoms with Gasteiger partial charge in [-0.2, -0.15) is 0 Å². The number of nitrogens with zero attached hydrogens (tertiary/aromatic N) is 3. The van der Waals surface area contributed by atoms with Gasteiger partial charge in [-0.05, 0) is 18.2 Å². The van der Waals surface area contributed by atoms with Crippen molar-refractivity contribution < 1.29 is 0 Å². The Morgan fingerprint density at radius 3 is 2.67 bits per heavy atom. The van der Waals surface area contributed by atoms with Crippen molar-refractivity contribution in [2.45, 2.75) is 0 Å². The van der Waals surface area contributed by atoms with Crippen LogP contribution in [0.4, 0.5) is 11.6 Å². The van der Waals surface area contributed by atoms with Crippen LogP contribution in [0.15, 0.2) is 65.8 Å². The molecule has 0 saturated heterocycles. The molecule has 1 aliphatic heterocycles. The van der Waals surface area contributed by atoms with Gasteiger partial charge in [0.25, 0.3) is 0 Å². The first kappa shape index (κ1) is 14.4. The van der Waals surface area contributed by atoms with Crippen LogP contribution in [-0.4, -0.2) is 28.8 Å². The Labute approximate surface area is 140 Å². The zero-order valence-electron chi connectivity index (χ0n) is 13.1. The van der Waals surface area contributed by atoms with Crippen LogP contribution in [-0.2, 0) is 0 Å². The van der Waals surface area contributed by atoms with Gasteiger partial charge in [0, 0.05) is 35.1 Å². The summed E-state index contributed by atoms with van der Waals surface area (Å²) in [5.41, 5.74) is 11.8. The molecule has 0 bridgehead atoms. The minimum atomic E-state index is 0.275. The molecule has 1 aliphatic rings. The molecule has 4 rings (SSSR count). The summed E-state index contributed by atoms with van der Waals surface area (Å²) in [6, 6.07) is 18.3. The summed E-state index contributed by atoms with van der Waals surface area (Å²) >= 11 is 0. The van der Waals surface area contributed by atoms with Gasteiger partial charge in [0.15, 0.2) is 0 Å². The second kappa shape index (κ2) is 6.12. The third-order valence-corrected chi connectivity index (χ3v) is 3.99. The Kier molecular flexibility index (Phi) is 3.67. The summed E-state index contributed by atoms with van der Waals surface area (Å²) in [7, 11) is 0. The molecule has 118 valence electrons. The Morgan fingerprint density at radius 2 is 1.83 bits per heavy atom. The molecule has 3 aromatic rings. The lowest BCUT2D eigenvalue weighted by atomic mass is 9.97. The maximum atomic E-state index is 5.72. The van der Waals surface area contributed by atoms with Gasteiger partial charge in [0.05, 0.1) is 18.0 Å². The zero-order valence-corrected chi connectivity index (χ0v) is 13.1. The van der Waals surface area contributed by atoms with Crippen molar-refractivity contribution in [3.63, 3.8) is 0 Å². The van der Waals surface area contributed by atoms with Gasteiger partial charge in [0.1, 0.15) is 0 Å². The monoisotopic (exact) mass is 315 g/mol. The minimum absolute atomic E-state index is 0.275. The fourth-order valence-corrected chi connectivity index (χ4v) is 2.87. The largest absolute Gasteiger partial charge is 0.383 e. The Hall–Kier alpha value is -3.21. The molecule has 0 radical (unpaired) electrons. The Balaban J connectivity index is 1.85. The molecule has 5 nitrogen and oxygen atoms in total. The topological polar surface area (TPSA) is 76.2 Å². The highest BCUT2D eigenvalue weighted by Gasteiger charge is 2.16. The Morgan fingerprint density at radius 1 is 0.958 bits per heavy atom. The molecule has 1 aromatic heterocycles. The van der Waals surface area contributed by atoms with Crippen molar-refractivity contribution in [1.29, 1.82) is 0 Å². The van der Waals surface area contributed by atoms with Crippen LogP contribution in [0.2, 0.25) is 0 Å². The van der Waals surface area contributed by atoms with Crippen LogP contribution in [0.1, 0.15) is 11.1 Å². The van der Waals surface area contributed by atoms with Crippen molar-refractivity contribution in [3.05, 3.63) is 71.9 Å². The molecule has 0 fully saturated rings. The van der Waals surface area contributed by atoms with Crippen LogP contribution >= 0.6 is 0 Å². The molecule has 5 heteroatoms. The lowest BCUT2D eigenvalue weighted by Gasteiger charge is -2.12. The summed E-state index contributed by atoms with van der Waals surface area (Å²) in [6.07, 6.45) is 1.67. The molecule has 0 atom stereocenters. The molecule has 2 aromatic carbocycles. The maximum absolute atomic E-state index is 5.72. The van der Waals surface area contributed by atoms with E-state index in [-0.39, 0.29) is 5.95 Å². The highest BCUT2D eigenvalue weighted by atomic mass is 15.0. The molecule has 2 heterocycles. The molecular formula is C19H17N5. The summed E-state index contributed by atoms with van der Waals surface area (Å²) < 4.78 is 0. The molecule has 3 N–H and O–H groups in total. The highest BCUT2D eigenvalue weighted by Crippen LogP contribution is 2.28. The number of benzodiazepines with no additional fused rings is 1. The predicted molar refractivity (Wildman–Crippen MR) is 97.3 cm³/mol. The zero-order chi connectivity index (χ0) is 16.4. The first-order valence-electron chi connectivity index (χ1n) is 7.88. The normalized spacial score (nSPS) is 13.4. The van der Waals surface area contributed by atoms with Crippen LogP contribution in [0.3, 0.4) is 0 Å². The van der Waals surface area contributed by atoms with E-state index in [1.165, 1.54) is 0 Å². The van der Waals surface area contributed by atoms with E-state index in [2.05, 4.69) is 39.6 Å². The summed E-state index contributed by atoms with van der Waals surface area (Å²) in [4.78, 5) is 13.1. The van der Waals surface area contributed by atoms with Crippen molar-refractivity contribution in [2.75, 3.05) is 24.1 Å². The van der Waals surface area contributed by atoms with Gasteiger partial charge in [-0.3, -0.25) is 4.99 Å². The molecule has 0 unspecified atom stereocenters. The van der Waals surface area contributed by atoms with E-state index in [1.807, 2.05) is 30.3 Å². The molecule has 0 amide bonds. The van der Waals surface area contributed by atoms with Gasteiger partial charge in [-0.1, -0.05) is 36.4 Å². The van der Waals surface area contributed by atoms with Gasteiger partial charge in [-0.25, -0.2) is 9.97 Å². The van der Waals surface area contributed by atoms with Gasteiger partial charge in [0.2, 0.25) is 5.95 Å². The molecule has 0 saturated carbocycles. The molecule has 24 heavy (non-hydrogen) atoms. The quantitative estimate of drug-likeness (QED) is 0.762. The predicted octanol–water partition coefficient (Wildman–Crippen LogP) is 2.99. The van der Waals surface area contributed by atoms with Crippen LogP contribution < -0.4 is 11.1 Å². The number of aliphatic imine (C=N–C) groups is 1. The number of nitrogens with two attached hydrogens (primary N) is 1. The number of hydrogen-bond donors (Lipinski definition) is 2. The third kappa shape index (κ3) is 2.72. The van der Waals surface area contributed by atoms with Crippen molar-refractivity contribution in [1.82, 2.24) is 9.97 Å². The van der Waals surface area contributed by atoms with Gasteiger partial charge >= 0.3 is 0 Å². The number of fused-ring (bicyclic) bond motifs is 1. The van der Waals surface area contributed by atoms with Crippen LogP contribution in [0, 0.1) is 0 Å². The van der Waals surface area contributed by atoms with Crippen molar-refractivity contribution in [3.8, 4) is 11.3 Å². The number of hydrogen-bond acceptors (Lipinski definition) is 5. The van der Waals surface area contributed by atoms with E-state index in [0.29, 0.717) is 0 Å². The lowest BCUT2D eigenvalue weighted by molar-refractivity contribution is 1.04. The van der Waals surface area contributed by atoms with Gasteiger partial charge < -0.3 is 11.1 Å². The van der Waals surface area contributed by atoms with Crippen molar-refractivity contribution >= 4 is 17.3 Å². The molecule has 0 aliphatic carbocycles.